The van der Waals surface area contributed by atoms with E-state index in [1.165, 1.54) is 0 Å². The van der Waals surface area contributed by atoms with Crippen molar-refractivity contribution in [1.29, 1.82) is 0 Å². The fourth-order valence-corrected chi connectivity index (χ4v) is 2.22. The van der Waals surface area contributed by atoms with E-state index in [1.807, 2.05) is 30.3 Å². The first kappa shape index (κ1) is 23.5. The van der Waals surface area contributed by atoms with E-state index in [1.54, 1.807) is 0 Å². The Balaban J connectivity index is 0.00000264. The zero-order valence-corrected chi connectivity index (χ0v) is 14.8. The number of anilines is 1. The van der Waals surface area contributed by atoms with Crippen molar-refractivity contribution in [2.24, 2.45) is 0 Å². The van der Waals surface area contributed by atoms with Gasteiger partial charge in [-0.05, 0) is 24.4 Å². The van der Waals surface area contributed by atoms with Crippen molar-refractivity contribution in [2.45, 2.75) is 30.6 Å². The fourth-order valence-electron chi connectivity index (χ4n) is 2.04. The summed E-state index contributed by atoms with van der Waals surface area (Å²) in [7, 11) is 0. The molecule has 1 aliphatic rings. The minimum absolute atomic E-state index is 0. The van der Waals surface area contributed by atoms with Gasteiger partial charge in [0.05, 0.1) is 6.61 Å². The molecule has 1 saturated heterocycles. The van der Waals surface area contributed by atoms with Gasteiger partial charge in [0.2, 0.25) is 0 Å². The van der Waals surface area contributed by atoms with Gasteiger partial charge in [0.1, 0.15) is 24.4 Å². The van der Waals surface area contributed by atoms with Crippen LogP contribution in [0.4, 0.5) is 5.69 Å². The first-order chi connectivity index (χ1) is 10.5. The molecule has 0 spiro atoms. The Bertz CT molecular complexity index is 502. The van der Waals surface area contributed by atoms with Gasteiger partial charge in [0, 0.05) is 5.69 Å². The summed E-state index contributed by atoms with van der Waals surface area (Å²) in [6.07, 6.45) is -6.25. The van der Waals surface area contributed by atoms with E-state index < -0.39 is 37.3 Å². The number of ether oxygens (including phenoxy) is 1. The predicted molar refractivity (Wildman–Crippen MR) is 82.7 cm³/mol. The van der Waals surface area contributed by atoms with Gasteiger partial charge in [0.15, 0.2) is 11.3 Å². The van der Waals surface area contributed by atoms with Crippen LogP contribution in [-0.2, 0) is 21.8 Å². The third-order valence-electron chi connectivity index (χ3n) is 3.25. The second kappa shape index (κ2) is 11.2. The monoisotopic (exact) mass is 427 g/mol. The molecule has 1 aromatic rings. The van der Waals surface area contributed by atoms with Crippen LogP contribution in [0.1, 0.15) is 0 Å². The molecule has 0 unspecified atom stereocenters. The number of hydrogen-bond acceptors (Lipinski definition) is 7. The van der Waals surface area contributed by atoms with Crippen LogP contribution >= 0.6 is 12.2 Å². The molecule has 11 heteroatoms. The Morgan fingerprint density at radius 1 is 1.08 bits per heavy atom. The largest absolute Gasteiger partial charge is 2.00 e. The van der Waals surface area contributed by atoms with E-state index in [9.17, 15) is 15.3 Å². The average molecular weight is 428 g/mol. The molecule has 1 aliphatic heterocycles. The minimum Gasteiger partial charge on any atom is -1.00 e. The molecular formula is C13H19ClCuN3O5S+. The van der Waals surface area contributed by atoms with Crippen molar-refractivity contribution in [3.63, 3.8) is 0 Å². The summed E-state index contributed by atoms with van der Waals surface area (Å²) >= 11 is 5.07. The molecule has 1 radical (unpaired) electrons. The number of halogens is 1. The summed E-state index contributed by atoms with van der Waals surface area (Å²) in [5.41, 5.74) is 5.99. The second-order valence-corrected chi connectivity index (χ2v) is 5.25. The first-order valence-corrected chi connectivity index (χ1v) is 7.12. The molecule has 7 N–H and O–H groups in total. The number of hydrazine groups is 1. The number of hydrogen-bond donors (Lipinski definition) is 7. The molecule has 139 valence electrons. The smallest absolute Gasteiger partial charge is 1.00 e. The van der Waals surface area contributed by atoms with Crippen LogP contribution in [0.15, 0.2) is 30.3 Å². The van der Waals surface area contributed by atoms with E-state index >= 15 is 0 Å². The molecule has 0 aromatic heterocycles. The van der Waals surface area contributed by atoms with Gasteiger partial charge in [-0.2, -0.15) is 0 Å². The molecule has 2 rings (SSSR count). The molecule has 8 nitrogen and oxygen atoms in total. The van der Waals surface area contributed by atoms with Crippen molar-refractivity contribution < 1.29 is 54.6 Å². The van der Waals surface area contributed by atoms with Gasteiger partial charge in [-0.25, -0.2) is 5.43 Å². The molecule has 1 heterocycles. The standard InChI is InChI=1S/C13H19N3O5S.ClH.Cu/c17-6-8-9(18)10(19)11(20)12(21-8)15-16-13(22)14-7-4-2-1-3-5-7;;/h1-5,8-12,15,17-20H,6H2,(H2,14,16,22);1H;/q;;+2/p-1/t8-,9-,10+,11-,12+;;/m1../s1. The van der Waals surface area contributed by atoms with Gasteiger partial charge in [-0.1, -0.05) is 18.2 Å². The van der Waals surface area contributed by atoms with Crippen LogP contribution in [0.5, 0.6) is 0 Å². The number of thiocarbonyl (C=S) groups is 1. The maximum Gasteiger partial charge on any atom is 2.00 e. The van der Waals surface area contributed by atoms with Gasteiger partial charge in [-0.3, -0.25) is 5.43 Å². The summed E-state index contributed by atoms with van der Waals surface area (Å²) in [6.45, 7) is -0.490. The van der Waals surface area contributed by atoms with Crippen LogP contribution < -0.4 is 28.6 Å². The van der Waals surface area contributed by atoms with Crippen molar-refractivity contribution in [3.05, 3.63) is 30.3 Å². The summed E-state index contributed by atoms with van der Waals surface area (Å²) in [4.78, 5) is 0. The molecule has 0 aliphatic carbocycles. The summed E-state index contributed by atoms with van der Waals surface area (Å²) in [6, 6.07) is 9.20. The van der Waals surface area contributed by atoms with Crippen LogP contribution in [0.25, 0.3) is 0 Å². The van der Waals surface area contributed by atoms with Gasteiger partial charge in [-0.15, -0.1) is 0 Å². The van der Waals surface area contributed by atoms with E-state index in [-0.39, 0.29) is 34.6 Å². The molecule has 24 heavy (non-hydrogen) atoms. The zero-order valence-electron chi connectivity index (χ0n) is 12.3. The third kappa shape index (κ3) is 6.08. The van der Waals surface area contributed by atoms with Gasteiger partial charge < -0.3 is 42.9 Å². The number of para-hydroxylation sites is 1. The Kier molecular flexibility index (Phi) is 10.9. The van der Waals surface area contributed by atoms with E-state index in [2.05, 4.69) is 16.2 Å². The normalized spacial score (nSPS) is 28.9. The van der Waals surface area contributed by atoms with E-state index in [0.29, 0.717) is 0 Å². The Morgan fingerprint density at radius 3 is 2.29 bits per heavy atom. The van der Waals surface area contributed by atoms with Crippen LogP contribution in [-0.4, -0.2) is 62.8 Å². The minimum atomic E-state index is -1.44. The zero-order chi connectivity index (χ0) is 16.1. The Hall–Kier alpha value is -0.521. The maximum absolute atomic E-state index is 9.84. The van der Waals surface area contributed by atoms with Crippen LogP contribution in [0.2, 0.25) is 0 Å². The van der Waals surface area contributed by atoms with Crippen molar-refractivity contribution in [2.75, 3.05) is 11.9 Å². The Labute approximate surface area is 161 Å². The molecule has 1 fully saturated rings. The number of aliphatic hydroxyl groups is 4. The SMILES string of the molecule is OC[C@H]1O[C@H](NNC(=S)Nc2ccccc2)[C@H](O)[C@@H](O)[C@@H]1O.[Cl-].[Cu+2]. The van der Waals surface area contributed by atoms with Crippen molar-refractivity contribution in [3.8, 4) is 0 Å². The summed E-state index contributed by atoms with van der Waals surface area (Å²) < 4.78 is 5.26. The molecule has 1 aromatic carbocycles. The predicted octanol–water partition coefficient (Wildman–Crippen LogP) is -4.72. The van der Waals surface area contributed by atoms with E-state index in [4.69, 9.17) is 22.1 Å². The molecule has 0 saturated carbocycles. The van der Waals surface area contributed by atoms with Crippen LogP contribution in [0, 0.1) is 0 Å². The topological polar surface area (TPSA) is 126 Å². The molecular weight excluding hydrogens is 409 g/mol. The Morgan fingerprint density at radius 2 is 1.71 bits per heavy atom. The number of benzene rings is 1. The number of nitrogens with one attached hydrogen (secondary N) is 3. The fraction of sp³-hybridized carbons (Fsp3) is 0.462. The number of rotatable bonds is 4. The first-order valence-electron chi connectivity index (χ1n) is 6.71. The van der Waals surface area contributed by atoms with Crippen LogP contribution in [0.3, 0.4) is 0 Å². The number of aliphatic hydroxyl groups excluding tert-OH is 4. The van der Waals surface area contributed by atoms with E-state index in [0.717, 1.165) is 5.69 Å². The average Bonchev–Trinajstić information content (AvgIpc) is 2.53. The van der Waals surface area contributed by atoms with Crippen molar-refractivity contribution >= 4 is 23.0 Å². The third-order valence-corrected chi connectivity index (χ3v) is 3.46. The van der Waals surface area contributed by atoms with Gasteiger partial charge >= 0.3 is 17.1 Å². The summed E-state index contributed by atoms with van der Waals surface area (Å²) in [5, 5.41) is 41.4. The maximum atomic E-state index is 9.84. The van der Waals surface area contributed by atoms with Gasteiger partial charge in [0.25, 0.3) is 0 Å². The summed E-state index contributed by atoms with van der Waals surface area (Å²) in [5.74, 6) is 0. The molecule has 5 atom stereocenters. The quantitative estimate of drug-likeness (QED) is 0.144. The second-order valence-electron chi connectivity index (χ2n) is 4.84. The molecule has 0 amide bonds. The van der Waals surface area contributed by atoms with Crippen molar-refractivity contribution in [1.82, 2.24) is 10.9 Å². The molecule has 0 bridgehead atoms.